The van der Waals surface area contributed by atoms with Gasteiger partial charge in [0.1, 0.15) is 5.75 Å². The van der Waals surface area contributed by atoms with Gasteiger partial charge in [-0.05, 0) is 49.1 Å². The first kappa shape index (κ1) is 22.1. The summed E-state index contributed by atoms with van der Waals surface area (Å²) < 4.78 is 5.28. The quantitative estimate of drug-likeness (QED) is 0.252. The van der Waals surface area contributed by atoms with Gasteiger partial charge in [0.15, 0.2) is 5.96 Å². The number of fused-ring (bicyclic) bond motifs is 1. The van der Waals surface area contributed by atoms with Crippen LogP contribution in [0.5, 0.6) is 5.75 Å². The van der Waals surface area contributed by atoms with Gasteiger partial charge in [0, 0.05) is 36.7 Å². The molecule has 1 aromatic heterocycles. The molecular formula is C22H29IN4O. The Morgan fingerprint density at radius 1 is 1.07 bits per heavy atom. The van der Waals surface area contributed by atoms with Crippen molar-refractivity contribution in [3.05, 3.63) is 65.9 Å². The molecule has 5 nitrogen and oxygen atoms in total. The highest BCUT2D eigenvalue weighted by Gasteiger charge is 2.03. The van der Waals surface area contributed by atoms with Crippen molar-refractivity contribution in [3.8, 4) is 5.75 Å². The molecule has 0 radical (unpaired) electrons. The lowest BCUT2D eigenvalue weighted by atomic mass is 10.1. The van der Waals surface area contributed by atoms with E-state index in [0.29, 0.717) is 0 Å². The summed E-state index contributed by atoms with van der Waals surface area (Å²) in [7, 11) is 1.70. The Labute approximate surface area is 184 Å². The molecule has 0 aliphatic carbocycles. The first-order valence-corrected chi connectivity index (χ1v) is 9.50. The molecular weight excluding hydrogens is 463 g/mol. The summed E-state index contributed by atoms with van der Waals surface area (Å²) in [5, 5.41) is 8.01. The van der Waals surface area contributed by atoms with E-state index >= 15 is 0 Å². The van der Waals surface area contributed by atoms with Crippen molar-refractivity contribution in [2.45, 2.75) is 19.8 Å². The Kier molecular flexibility index (Phi) is 9.13. The van der Waals surface area contributed by atoms with E-state index in [1.165, 1.54) is 22.0 Å². The van der Waals surface area contributed by atoms with Crippen LogP contribution in [0.2, 0.25) is 0 Å². The van der Waals surface area contributed by atoms with E-state index in [2.05, 4.69) is 65.1 Å². The Bertz CT molecular complexity index is 891. The zero-order valence-electron chi connectivity index (χ0n) is 16.5. The summed E-state index contributed by atoms with van der Waals surface area (Å²) in [6.45, 7) is 4.50. The molecule has 0 saturated carbocycles. The number of guanidine groups is 1. The van der Waals surface area contributed by atoms with Crippen molar-refractivity contribution in [1.29, 1.82) is 0 Å². The number of nitrogens with one attached hydrogen (secondary N) is 3. The lowest BCUT2D eigenvalue weighted by Gasteiger charge is -2.11. The number of nitrogens with zero attached hydrogens (tertiary/aromatic N) is 1. The molecule has 150 valence electrons. The second kappa shape index (κ2) is 11.6. The van der Waals surface area contributed by atoms with Gasteiger partial charge in [-0.15, -0.1) is 24.0 Å². The predicted molar refractivity (Wildman–Crippen MR) is 128 cm³/mol. The zero-order valence-corrected chi connectivity index (χ0v) is 18.8. The number of hydrogen-bond donors (Lipinski definition) is 3. The van der Waals surface area contributed by atoms with Crippen LogP contribution in [0.25, 0.3) is 10.9 Å². The van der Waals surface area contributed by atoms with E-state index in [4.69, 9.17) is 9.73 Å². The second-order valence-electron chi connectivity index (χ2n) is 6.40. The van der Waals surface area contributed by atoms with E-state index in [1.54, 1.807) is 7.11 Å². The maximum absolute atomic E-state index is 5.28. The van der Waals surface area contributed by atoms with Gasteiger partial charge in [0.05, 0.1) is 7.11 Å². The normalized spacial score (nSPS) is 11.1. The van der Waals surface area contributed by atoms with Gasteiger partial charge in [0.2, 0.25) is 0 Å². The van der Waals surface area contributed by atoms with Crippen LogP contribution in [0.1, 0.15) is 18.1 Å². The number of aliphatic imine (C=N–C) groups is 1. The third-order valence-corrected chi connectivity index (χ3v) is 4.51. The highest BCUT2D eigenvalue weighted by Crippen LogP contribution is 2.18. The fourth-order valence-electron chi connectivity index (χ4n) is 3.12. The maximum Gasteiger partial charge on any atom is 0.191 e. The van der Waals surface area contributed by atoms with Gasteiger partial charge in [-0.2, -0.15) is 0 Å². The van der Waals surface area contributed by atoms with Crippen LogP contribution in [0.4, 0.5) is 0 Å². The summed E-state index contributed by atoms with van der Waals surface area (Å²) in [6.07, 6.45) is 3.92. The highest BCUT2D eigenvalue weighted by molar-refractivity contribution is 14.0. The van der Waals surface area contributed by atoms with Crippen LogP contribution in [-0.4, -0.2) is 37.7 Å². The molecule has 0 fully saturated rings. The first-order valence-electron chi connectivity index (χ1n) is 9.50. The average Bonchev–Trinajstić information content (AvgIpc) is 3.11. The molecule has 3 aromatic rings. The van der Waals surface area contributed by atoms with E-state index in [0.717, 1.165) is 44.2 Å². The zero-order chi connectivity index (χ0) is 18.9. The minimum atomic E-state index is 0. The topological polar surface area (TPSA) is 61.4 Å². The minimum Gasteiger partial charge on any atom is -0.497 e. The molecule has 0 amide bonds. The van der Waals surface area contributed by atoms with Gasteiger partial charge in [-0.25, -0.2) is 0 Å². The molecule has 0 saturated heterocycles. The van der Waals surface area contributed by atoms with Crippen LogP contribution < -0.4 is 15.4 Å². The first-order chi connectivity index (χ1) is 13.3. The molecule has 0 bridgehead atoms. The van der Waals surface area contributed by atoms with Crippen molar-refractivity contribution in [2.75, 3.05) is 26.7 Å². The Morgan fingerprint density at radius 3 is 2.75 bits per heavy atom. The smallest absolute Gasteiger partial charge is 0.191 e. The molecule has 3 N–H and O–H groups in total. The molecule has 0 aliphatic rings. The van der Waals surface area contributed by atoms with Crippen LogP contribution in [0.3, 0.4) is 0 Å². The third-order valence-electron chi connectivity index (χ3n) is 4.51. The van der Waals surface area contributed by atoms with Crippen LogP contribution in [0.15, 0.2) is 59.7 Å². The molecule has 28 heavy (non-hydrogen) atoms. The summed E-state index contributed by atoms with van der Waals surface area (Å²) in [6, 6.07) is 16.6. The molecule has 0 unspecified atom stereocenters. The predicted octanol–water partition coefficient (Wildman–Crippen LogP) is 4.13. The number of aromatic nitrogens is 1. The number of rotatable bonds is 8. The monoisotopic (exact) mass is 492 g/mol. The van der Waals surface area contributed by atoms with Gasteiger partial charge < -0.3 is 20.4 Å². The summed E-state index contributed by atoms with van der Waals surface area (Å²) in [5.74, 6) is 1.76. The molecule has 3 rings (SSSR count). The van der Waals surface area contributed by atoms with Crippen molar-refractivity contribution in [1.82, 2.24) is 15.6 Å². The van der Waals surface area contributed by atoms with Gasteiger partial charge in [0.25, 0.3) is 0 Å². The average molecular weight is 492 g/mol. The number of H-pyrrole nitrogens is 1. The Balaban J connectivity index is 0.00000280. The van der Waals surface area contributed by atoms with Crippen LogP contribution >= 0.6 is 24.0 Å². The van der Waals surface area contributed by atoms with Gasteiger partial charge in [-0.1, -0.05) is 30.3 Å². The molecule has 1 heterocycles. The lowest BCUT2D eigenvalue weighted by molar-refractivity contribution is 0.414. The Morgan fingerprint density at radius 2 is 1.93 bits per heavy atom. The highest BCUT2D eigenvalue weighted by atomic mass is 127. The molecule has 0 spiro atoms. The molecule has 2 aromatic carbocycles. The van der Waals surface area contributed by atoms with Crippen molar-refractivity contribution in [3.63, 3.8) is 0 Å². The number of para-hydroxylation sites is 1. The SMILES string of the molecule is CCNC(=NCCc1c[nH]c2ccccc12)NCCc1cccc(OC)c1.I. The molecule has 0 atom stereocenters. The van der Waals surface area contributed by atoms with Crippen LogP contribution in [-0.2, 0) is 12.8 Å². The summed E-state index contributed by atoms with van der Waals surface area (Å²) in [5.41, 5.74) is 3.73. The minimum absolute atomic E-state index is 0. The fraction of sp³-hybridized carbons (Fsp3) is 0.318. The van der Waals surface area contributed by atoms with E-state index in [9.17, 15) is 0 Å². The maximum atomic E-state index is 5.28. The number of halogens is 1. The van der Waals surface area contributed by atoms with Crippen molar-refractivity contribution < 1.29 is 4.74 Å². The summed E-state index contributed by atoms with van der Waals surface area (Å²) >= 11 is 0. The van der Waals surface area contributed by atoms with Crippen LogP contribution in [0, 0.1) is 0 Å². The number of hydrogen-bond acceptors (Lipinski definition) is 2. The standard InChI is InChI=1S/C22H28N4O.HI/c1-3-23-22(24-13-11-17-7-6-8-19(15-17)27-2)25-14-12-18-16-26-21-10-5-4-9-20(18)21;/h4-10,15-16,26H,3,11-14H2,1-2H3,(H2,23,24,25);1H. The Hall–Kier alpha value is -2.22. The number of benzene rings is 2. The molecule has 6 heteroatoms. The van der Waals surface area contributed by atoms with E-state index in [-0.39, 0.29) is 24.0 Å². The summed E-state index contributed by atoms with van der Waals surface area (Å²) in [4.78, 5) is 8.04. The second-order valence-corrected chi connectivity index (χ2v) is 6.40. The third kappa shape index (κ3) is 6.15. The lowest BCUT2D eigenvalue weighted by Crippen LogP contribution is -2.38. The number of methoxy groups -OCH3 is 1. The van der Waals surface area contributed by atoms with E-state index < -0.39 is 0 Å². The van der Waals surface area contributed by atoms with Crippen molar-refractivity contribution in [2.24, 2.45) is 4.99 Å². The van der Waals surface area contributed by atoms with E-state index in [1.807, 2.05) is 12.1 Å². The van der Waals surface area contributed by atoms with Gasteiger partial charge >= 0.3 is 0 Å². The molecule has 0 aliphatic heterocycles. The van der Waals surface area contributed by atoms with Gasteiger partial charge in [-0.3, -0.25) is 4.99 Å². The fourth-order valence-corrected chi connectivity index (χ4v) is 3.12. The van der Waals surface area contributed by atoms with Crippen molar-refractivity contribution >= 4 is 40.8 Å². The largest absolute Gasteiger partial charge is 0.497 e. The number of ether oxygens (including phenoxy) is 1. The number of aromatic amines is 1.